The van der Waals surface area contributed by atoms with Gasteiger partial charge in [0, 0.05) is 41.5 Å². The Bertz CT molecular complexity index is 1290. The number of Topliss-reactive ketones (excluding diaryl/α,β-unsaturated/α-hetero) is 1. The number of nitrogens with one attached hydrogen (secondary N) is 1. The molecule has 0 radical (unpaired) electrons. The molecule has 1 N–H and O–H groups in total. The first-order valence-corrected chi connectivity index (χ1v) is 11.2. The van der Waals surface area contributed by atoms with Crippen LogP contribution in [0.15, 0.2) is 42.9 Å². The highest BCUT2D eigenvalue weighted by Crippen LogP contribution is 2.48. The van der Waals surface area contributed by atoms with Crippen molar-refractivity contribution in [3.8, 4) is 0 Å². The van der Waals surface area contributed by atoms with Crippen molar-refractivity contribution in [1.29, 1.82) is 0 Å². The summed E-state index contributed by atoms with van der Waals surface area (Å²) in [6, 6.07) is 5.84. The Hall–Kier alpha value is -3.26. The number of amides is 2. The summed E-state index contributed by atoms with van der Waals surface area (Å²) in [6.45, 7) is 1.49. The third-order valence-corrected chi connectivity index (χ3v) is 6.84. The molecule has 5 rings (SSSR count). The lowest BCUT2D eigenvalue weighted by atomic mass is 10.1. The average Bonchev–Trinajstić information content (AvgIpc) is 3.30. The van der Waals surface area contributed by atoms with Gasteiger partial charge in [0.05, 0.1) is 16.7 Å². The van der Waals surface area contributed by atoms with E-state index in [1.807, 2.05) is 0 Å². The molecule has 2 amide bonds. The standard InChI is InChI=1S/C24H22ClFN4O3/c1-13(31)17-11-29(21-10-27-6-5-16(17)21)12-22(32)30-19-7-15(19)8-20(30)24(33)28-9-14-3-2-4-18(25)23(14)26/h2-6,10-11,15,19-20H,7-9,12H2,1H3,(H,28,33)/t15-,19-,20+/m1/s1. The summed E-state index contributed by atoms with van der Waals surface area (Å²) in [4.78, 5) is 44.0. The van der Waals surface area contributed by atoms with Gasteiger partial charge in [-0.15, -0.1) is 0 Å². The number of fused-ring (bicyclic) bond motifs is 2. The van der Waals surface area contributed by atoms with Gasteiger partial charge in [0.25, 0.3) is 0 Å². The molecule has 3 heterocycles. The fourth-order valence-corrected chi connectivity index (χ4v) is 5.00. The first-order valence-electron chi connectivity index (χ1n) is 10.8. The van der Waals surface area contributed by atoms with E-state index in [1.165, 1.54) is 13.0 Å². The molecule has 2 fully saturated rings. The average molecular weight is 469 g/mol. The summed E-state index contributed by atoms with van der Waals surface area (Å²) in [5, 5.41) is 3.50. The van der Waals surface area contributed by atoms with Gasteiger partial charge in [0.2, 0.25) is 11.8 Å². The Morgan fingerprint density at radius 1 is 1.24 bits per heavy atom. The number of ketones is 1. The van der Waals surface area contributed by atoms with Crippen molar-refractivity contribution in [2.45, 2.75) is 44.9 Å². The number of nitrogens with zero attached hydrogens (tertiary/aromatic N) is 3. The van der Waals surface area contributed by atoms with Crippen molar-refractivity contribution in [2.24, 2.45) is 5.92 Å². The quantitative estimate of drug-likeness (QED) is 0.562. The molecule has 1 aliphatic carbocycles. The molecular weight excluding hydrogens is 447 g/mol. The molecule has 3 atom stereocenters. The number of pyridine rings is 1. The second-order valence-electron chi connectivity index (χ2n) is 8.67. The number of benzene rings is 1. The number of piperidine rings is 1. The van der Waals surface area contributed by atoms with Gasteiger partial charge in [-0.2, -0.15) is 0 Å². The highest BCUT2D eigenvalue weighted by atomic mass is 35.5. The summed E-state index contributed by atoms with van der Waals surface area (Å²) >= 11 is 5.82. The summed E-state index contributed by atoms with van der Waals surface area (Å²) in [5.41, 5.74) is 1.52. The maximum atomic E-state index is 14.2. The molecule has 1 aliphatic heterocycles. The summed E-state index contributed by atoms with van der Waals surface area (Å²) in [7, 11) is 0. The first-order chi connectivity index (χ1) is 15.8. The van der Waals surface area contributed by atoms with Crippen LogP contribution in [-0.2, 0) is 22.7 Å². The number of halogens is 2. The molecule has 0 spiro atoms. The third kappa shape index (κ3) is 3.88. The third-order valence-electron chi connectivity index (χ3n) is 6.55. The lowest BCUT2D eigenvalue weighted by Crippen LogP contribution is -2.48. The van der Waals surface area contributed by atoms with Gasteiger partial charge in [-0.3, -0.25) is 19.4 Å². The van der Waals surface area contributed by atoms with Gasteiger partial charge in [-0.05, 0) is 37.8 Å². The van der Waals surface area contributed by atoms with E-state index in [9.17, 15) is 18.8 Å². The Labute approximate surface area is 194 Å². The zero-order valence-electron chi connectivity index (χ0n) is 17.9. The molecular formula is C24H22ClFN4O3. The number of rotatable bonds is 6. The van der Waals surface area contributed by atoms with E-state index in [1.54, 1.807) is 46.3 Å². The van der Waals surface area contributed by atoms with Crippen molar-refractivity contribution >= 4 is 40.1 Å². The molecule has 170 valence electrons. The minimum absolute atomic E-state index is 0.000895. The van der Waals surface area contributed by atoms with Crippen molar-refractivity contribution in [3.63, 3.8) is 0 Å². The molecule has 33 heavy (non-hydrogen) atoms. The Morgan fingerprint density at radius 2 is 2.06 bits per heavy atom. The van der Waals surface area contributed by atoms with Crippen LogP contribution in [0.2, 0.25) is 5.02 Å². The molecule has 1 aromatic carbocycles. The van der Waals surface area contributed by atoms with Gasteiger partial charge in [0.15, 0.2) is 5.78 Å². The second kappa shape index (κ2) is 8.26. The number of hydrogen-bond donors (Lipinski definition) is 1. The van der Waals surface area contributed by atoms with Crippen LogP contribution in [0, 0.1) is 11.7 Å². The van der Waals surface area contributed by atoms with Crippen LogP contribution in [0.4, 0.5) is 4.39 Å². The topological polar surface area (TPSA) is 84.3 Å². The zero-order valence-corrected chi connectivity index (χ0v) is 18.7. The number of carbonyl (C=O) groups is 3. The predicted molar refractivity (Wildman–Crippen MR) is 120 cm³/mol. The molecule has 2 aliphatic rings. The molecule has 9 heteroatoms. The van der Waals surface area contributed by atoms with Gasteiger partial charge in [0.1, 0.15) is 18.4 Å². The van der Waals surface area contributed by atoms with E-state index in [2.05, 4.69) is 10.3 Å². The van der Waals surface area contributed by atoms with Crippen molar-refractivity contribution in [2.75, 3.05) is 0 Å². The van der Waals surface area contributed by atoms with Gasteiger partial charge >= 0.3 is 0 Å². The minimum Gasteiger partial charge on any atom is -0.350 e. The van der Waals surface area contributed by atoms with E-state index in [0.717, 1.165) is 11.8 Å². The monoisotopic (exact) mass is 468 g/mol. The smallest absolute Gasteiger partial charge is 0.243 e. The molecule has 0 unspecified atom stereocenters. The summed E-state index contributed by atoms with van der Waals surface area (Å²) in [5.74, 6) is -0.839. The number of likely N-dealkylation sites (tertiary alicyclic amines) is 1. The van der Waals surface area contributed by atoms with Gasteiger partial charge in [-0.25, -0.2) is 4.39 Å². The largest absolute Gasteiger partial charge is 0.350 e. The van der Waals surface area contributed by atoms with Crippen LogP contribution in [0.5, 0.6) is 0 Å². The van der Waals surface area contributed by atoms with Gasteiger partial charge < -0.3 is 14.8 Å². The maximum Gasteiger partial charge on any atom is 0.243 e. The van der Waals surface area contributed by atoms with Crippen LogP contribution in [-0.4, -0.2) is 44.1 Å². The fourth-order valence-electron chi connectivity index (χ4n) is 4.81. The molecule has 7 nitrogen and oxygen atoms in total. The maximum absolute atomic E-state index is 14.2. The number of aromatic nitrogens is 2. The highest BCUT2D eigenvalue weighted by Gasteiger charge is 2.55. The molecule has 3 aromatic rings. The highest BCUT2D eigenvalue weighted by molar-refractivity contribution is 6.30. The van der Waals surface area contributed by atoms with Crippen molar-refractivity contribution < 1.29 is 18.8 Å². The van der Waals surface area contributed by atoms with E-state index >= 15 is 0 Å². The predicted octanol–water partition coefficient (Wildman–Crippen LogP) is 3.34. The SMILES string of the molecule is CC(=O)c1cn(CC(=O)N2[C@@H]3C[C@@H]3C[C@H]2C(=O)NCc2cccc(Cl)c2F)c2cnccc12. The van der Waals surface area contributed by atoms with Crippen molar-refractivity contribution in [3.05, 3.63) is 64.8 Å². The van der Waals surface area contributed by atoms with Crippen molar-refractivity contribution in [1.82, 2.24) is 19.8 Å². The zero-order chi connectivity index (χ0) is 23.3. The number of hydrogen-bond acceptors (Lipinski definition) is 4. The Kier molecular flexibility index (Phi) is 5.40. The van der Waals surface area contributed by atoms with Crippen LogP contribution in [0.3, 0.4) is 0 Å². The molecule has 0 bridgehead atoms. The molecule has 1 saturated heterocycles. The van der Waals surface area contributed by atoms with Crippen LogP contribution in [0.25, 0.3) is 10.9 Å². The second-order valence-corrected chi connectivity index (χ2v) is 9.07. The normalized spacial score (nSPS) is 21.2. The summed E-state index contributed by atoms with van der Waals surface area (Å²) < 4.78 is 15.9. The van der Waals surface area contributed by atoms with Crippen LogP contribution >= 0.6 is 11.6 Å². The Balaban J connectivity index is 1.33. The minimum atomic E-state index is -0.601. The van der Waals surface area contributed by atoms with Gasteiger partial charge in [-0.1, -0.05) is 23.7 Å². The first kappa shape index (κ1) is 21.6. The van der Waals surface area contributed by atoms with E-state index in [4.69, 9.17) is 11.6 Å². The lowest BCUT2D eigenvalue weighted by Gasteiger charge is -2.27. The van der Waals surface area contributed by atoms with E-state index in [0.29, 0.717) is 29.0 Å². The molecule has 2 aromatic heterocycles. The summed E-state index contributed by atoms with van der Waals surface area (Å²) in [6.07, 6.45) is 6.38. The molecule has 1 saturated carbocycles. The van der Waals surface area contributed by atoms with Crippen LogP contribution in [0.1, 0.15) is 35.7 Å². The Morgan fingerprint density at radius 3 is 2.85 bits per heavy atom. The van der Waals surface area contributed by atoms with Crippen LogP contribution < -0.4 is 5.32 Å². The van der Waals surface area contributed by atoms with E-state index in [-0.39, 0.29) is 41.8 Å². The van der Waals surface area contributed by atoms with E-state index < -0.39 is 11.9 Å². The number of carbonyl (C=O) groups excluding carboxylic acids is 3. The fraction of sp³-hybridized carbons (Fsp3) is 0.333. The lowest BCUT2D eigenvalue weighted by molar-refractivity contribution is -0.140.